The Morgan fingerprint density at radius 1 is 1.11 bits per heavy atom. The van der Waals surface area contributed by atoms with Gasteiger partial charge in [0.25, 0.3) is 0 Å². The van der Waals surface area contributed by atoms with Crippen LogP contribution in [0.4, 0.5) is 13.2 Å². The van der Waals surface area contributed by atoms with Crippen molar-refractivity contribution < 1.29 is 13.2 Å². The normalized spacial score (nSPS) is 13.7. The molecule has 0 heterocycles. The zero-order chi connectivity index (χ0) is 13.9. The van der Waals surface area contributed by atoms with E-state index in [-0.39, 0.29) is 17.0 Å². The summed E-state index contributed by atoms with van der Waals surface area (Å²) in [4.78, 5) is 0. The molecule has 102 valence electrons. The van der Waals surface area contributed by atoms with Gasteiger partial charge in [0, 0.05) is 6.04 Å². The van der Waals surface area contributed by atoms with Gasteiger partial charge >= 0.3 is 0 Å². The number of benzene rings is 1. The minimum atomic E-state index is -1.38. The first-order valence-corrected chi connectivity index (χ1v) is 6.07. The smallest absolute Gasteiger partial charge is 0.194 e. The van der Waals surface area contributed by atoms with Gasteiger partial charge in [-0.1, -0.05) is 26.8 Å². The highest BCUT2D eigenvalue weighted by Gasteiger charge is 2.23. The van der Waals surface area contributed by atoms with E-state index < -0.39 is 17.5 Å². The van der Waals surface area contributed by atoms with Gasteiger partial charge in [-0.05, 0) is 36.9 Å². The monoisotopic (exact) mass is 259 g/mol. The lowest BCUT2D eigenvalue weighted by Crippen LogP contribution is -2.38. The van der Waals surface area contributed by atoms with Gasteiger partial charge in [-0.15, -0.1) is 0 Å². The Kier molecular flexibility index (Phi) is 4.79. The Bertz CT molecular complexity index is 410. The molecule has 0 aliphatic heterocycles. The second-order valence-electron chi connectivity index (χ2n) is 5.58. The molecule has 0 radical (unpaired) electrons. The summed E-state index contributed by atoms with van der Waals surface area (Å²) < 4.78 is 39.3. The predicted molar refractivity (Wildman–Crippen MR) is 66.9 cm³/mol. The van der Waals surface area contributed by atoms with E-state index in [9.17, 15) is 13.2 Å². The summed E-state index contributed by atoms with van der Waals surface area (Å²) >= 11 is 0. The average molecular weight is 259 g/mol. The molecule has 0 saturated heterocycles. The van der Waals surface area contributed by atoms with Crippen LogP contribution in [0.25, 0.3) is 0 Å². The molecule has 0 spiro atoms. The van der Waals surface area contributed by atoms with Crippen molar-refractivity contribution in [2.45, 2.75) is 39.7 Å². The lowest BCUT2D eigenvalue weighted by Gasteiger charge is -2.30. The van der Waals surface area contributed by atoms with Crippen LogP contribution < -0.4 is 5.32 Å². The standard InChI is InChI=1S/C14H20F3N/c1-14(2,3)11(18-4)8-6-9-5-7-10(15)13(17)12(9)16/h5,7,11,18H,6,8H2,1-4H3. The number of hydrogen-bond donors (Lipinski definition) is 1. The zero-order valence-electron chi connectivity index (χ0n) is 11.3. The van der Waals surface area contributed by atoms with E-state index in [1.165, 1.54) is 6.07 Å². The van der Waals surface area contributed by atoms with Gasteiger partial charge in [0.05, 0.1) is 0 Å². The summed E-state index contributed by atoms with van der Waals surface area (Å²) in [6.07, 6.45) is 1.05. The van der Waals surface area contributed by atoms with E-state index in [4.69, 9.17) is 0 Å². The lowest BCUT2D eigenvalue weighted by molar-refractivity contribution is 0.267. The fraction of sp³-hybridized carbons (Fsp3) is 0.571. The Morgan fingerprint density at radius 2 is 1.72 bits per heavy atom. The third kappa shape index (κ3) is 3.48. The third-order valence-electron chi connectivity index (χ3n) is 3.21. The largest absolute Gasteiger partial charge is 0.316 e. The molecule has 0 bridgehead atoms. The molecule has 1 N–H and O–H groups in total. The topological polar surface area (TPSA) is 12.0 Å². The van der Waals surface area contributed by atoms with Crippen LogP contribution in [0.15, 0.2) is 12.1 Å². The molecule has 1 atom stereocenters. The molecule has 0 amide bonds. The quantitative estimate of drug-likeness (QED) is 0.813. The van der Waals surface area contributed by atoms with Crippen molar-refractivity contribution in [2.75, 3.05) is 7.05 Å². The molecule has 1 aromatic carbocycles. The van der Waals surface area contributed by atoms with E-state index in [1.807, 2.05) is 7.05 Å². The van der Waals surface area contributed by atoms with Crippen LogP contribution in [-0.4, -0.2) is 13.1 Å². The lowest BCUT2D eigenvalue weighted by atomic mass is 9.83. The maximum atomic E-state index is 13.5. The second kappa shape index (κ2) is 5.74. The molecular weight excluding hydrogens is 239 g/mol. The summed E-state index contributed by atoms with van der Waals surface area (Å²) in [6.45, 7) is 6.24. The first-order chi connectivity index (χ1) is 8.27. The van der Waals surface area contributed by atoms with E-state index in [2.05, 4.69) is 26.1 Å². The zero-order valence-corrected chi connectivity index (χ0v) is 11.3. The molecular formula is C14H20F3N. The fourth-order valence-corrected chi connectivity index (χ4v) is 2.07. The van der Waals surface area contributed by atoms with Gasteiger partial charge in [0.15, 0.2) is 17.5 Å². The molecule has 1 nitrogen and oxygen atoms in total. The Hall–Kier alpha value is -1.03. The van der Waals surface area contributed by atoms with Crippen LogP contribution in [0.3, 0.4) is 0 Å². The summed E-state index contributed by atoms with van der Waals surface area (Å²) in [5.74, 6) is -3.60. The van der Waals surface area contributed by atoms with Crippen molar-refractivity contribution in [1.29, 1.82) is 0 Å². The summed E-state index contributed by atoms with van der Waals surface area (Å²) in [5.41, 5.74) is 0.252. The fourth-order valence-electron chi connectivity index (χ4n) is 2.07. The van der Waals surface area contributed by atoms with Crippen LogP contribution in [-0.2, 0) is 6.42 Å². The van der Waals surface area contributed by atoms with Crippen LogP contribution in [0.5, 0.6) is 0 Å². The van der Waals surface area contributed by atoms with Gasteiger partial charge in [0.1, 0.15) is 0 Å². The molecule has 18 heavy (non-hydrogen) atoms. The first-order valence-electron chi connectivity index (χ1n) is 6.07. The highest BCUT2D eigenvalue weighted by molar-refractivity contribution is 5.20. The number of aryl methyl sites for hydroxylation is 1. The number of halogens is 3. The van der Waals surface area contributed by atoms with Crippen molar-refractivity contribution in [3.63, 3.8) is 0 Å². The summed E-state index contributed by atoms with van der Waals surface area (Å²) in [5, 5.41) is 3.17. The summed E-state index contributed by atoms with van der Waals surface area (Å²) in [7, 11) is 1.84. The molecule has 1 rings (SSSR count). The van der Waals surface area contributed by atoms with E-state index >= 15 is 0 Å². The molecule has 0 aliphatic carbocycles. The minimum Gasteiger partial charge on any atom is -0.316 e. The van der Waals surface area contributed by atoms with Gasteiger partial charge < -0.3 is 5.32 Å². The van der Waals surface area contributed by atoms with Crippen LogP contribution in [0, 0.1) is 22.9 Å². The van der Waals surface area contributed by atoms with Gasteiger partial charge in [0.2, 0.25) is 0 Å². The van der Waals surface area contributed by atoms with E-state index in [0.29, 0.717) is 12.8 Å². The van der Waals surface area contributed by atoms with Gasteiger partial charge in [-0.2, -0.15) is 0 Å². The molecule has 0 aromatic heterocycles. The van der Waals surface area contributed by atoms with Crippen LogP contribution in [0.1, 0.15) is 32.8 Å². The van der Waals surface area contributed by atoms with Crippen molar-refractivity contribution in [1.82, 2.24) is 5.32 Å². The Morgan fingerprint density at radius 3 is 2.22 bits per heavy atom. The molecule has 0 aliphatic rings. The number of nitrogens with one attached hydrogen (secondary N) is 1. The average Bonchev–Trinajstić information content (AvgIpc) is 2.28. The van der Waals surface area contributed by atoms with Crippen LogP contribution >= 0.6 is 0 Å². The Labute approximate surface area is 106 Å². The van der Waals surface area contributed by atoms with Crippen molar-refractivity contribution >= 4 is 0 Å². The van der Waals surface area contributed by atoms with Crippen molar-refractivity contribution in [2.24, 2.45) is 5.41 Å². The maximum absolute atomic E-state index is 13.5. The molecule has 0 saturated carbocycles. The first kappa shape index (κ1) is 15.0. The predicted octanol–water partition coefficient (Wildman–Crippen LogP) is 3.67. The minimum absolute atomic E-state index is 0.0315. The van der Waals surface area contributed by atoms with Crippen molar-refractivity contribution in [3.05, 3.63) is 35.1 Å². The molecule has 1 aromatic rings. The molecule has 0 fully saturated rings. The number of rotatable bonds is 4. The van der Waals surface area contributed by atoms with Gasteiger partial charge in [-0.25, -0.2) is 13.2 Å². The second-order valence-corrected chi connectivity index (χ2v) is 5.58. The molecule has 1 unspecified atom stereocenters. The SMILES string of the molecule is CNC(CCc1ccc(F)c(F)c1F)C(C)(C)C. The van der Waals surface area contributed by atoms with E-state index in [0.717, 1.165) is 6.07 Å². The third-order valence-corrected chi connectivity index (χ3v) is 3.21. The summed E-state index contributed by atoms with van der Waals surface area (Å²) in [6, 6.07) is 2.47. The highest BCUT2D eigenvalue weighted by atomic mass is 19.2. The number of hydrogen-bond acceptors (Lipinski definition) is 1. The van der Waals surface area contributed by atoms with Gasteiger partial charge in [-0.3, -0.25) is 0 Å². The maximum Gasteiger partial charge on any atom is 0.194 e. The van der Waals surface area contributed by atoms with Crippen LogP contribution in [0.2, 0.25) is 0 Å². The van der Waals surface area contributed by atoms with E-state index in [1.54, 1.807) is 0 Å². The van der Waals surface area contributed by atoms with Crippen molar-refractivity contribution in [3.8, 4) is 0 Å². The highest BCUT2D eigenvalue weighted by Crippen LogP contribution is 2.24. The Balaban J connectivity index is 2.78. The molecule has 4 heteroatoms.